The van der Waals surface area contributed by atoms with Crippen molar-refractivity contribution in [2.24, 2.45) is 0 Å². The molecule has 0 amide bonds. The summed E-state index contributed by atoms with van der Waals surface area (Å²) in [6.07, 6.45) is 0. The topological polar surface area (TPSA) is 65.0 Å². The van der Waals surface area contributed by atoms with Gasteiger partial charge in [0.2, 0.25) is 0 Å². The zero-order valence-corrected chi connectivity index (χ0v) is 15.0. The highest BCUT2D eigenvalue weighted by atomic mass is 28.4. The van der Waals surface area contributed by atoms with Gasteiger partial charge >= 0.3 is 5.97 Å². The molecule has 0 spiro atoms. The van der Waals surface area contributed by atoms with Crippen molar-refractivity contribution in [3.63, 3.8) is 0 Å². The molecule has 0 aromatic carbocycles. The standard InChI is InChI=1S/C4H6O2.H10O3Si4/c1-3(2)4(5)6;4-1-6-3-7-2-5/h1H2,2H3,(H,5,6);6-7H2,4-5H3. The Kier molecular flexibility index (Phi) is 14.2. The predicted molar refractivity (Wildman–Crippen MR) is 62.7 cm³/mol. The largest absolute Gasteiger partial charge is 0.478 e. The molecule has 0 radical (unpaired) electrons. The van der Waals surface area contributed by atoms with Crippen molar-refractivity contribution in [2.45, 2.75) is 6.92 Å². The van der Waals surface area contributed by atoms with Crippen LogP contribution in [0, 0.1) is 0 Å². The second-order valence-corrected chi connectivity index (χ2v) is 8.83. The van der Waals surface area contributed by atoms with E-state index in [1.54, 1.807) is 0 Å². The minimum Gasteiger partial charge on any atom is -0.478 e. The van der Waals surface area contributed by atoms with E-state index in [4.69, 9.17) is 17.5 Å². The number of carboxylic acids is 1. The fraction of sp³-hybridized carbons (Fsp3) is 0.250. The number of carbonyl (C=O) groups is 1. The molecule has 0 atom stereocenters. The maximum atomic E-state index is 9.60. The Morgan fingerprint density at radius 2 is 1.69 bits per heavy atom. The van der Waals surface area contributed by atoms with Gasteiger partial charge in [-0.25, -0.2) is 4.79 Å². The van der Waals surface area contributed by atoms with Crippen LogP contribution in [0.2, 0.25) is 0 Å². The molecule has 0 aliphatic heterocycles. The zero-order chi connectivity index (χ0) is 10.7. The second-order valence-electron chi connectivity index (χ2n) is 2.10. The lowest BCUT2D eigenvalue weighted by Gasteiger charge is -1.97. The number of hydrogen-bond donors (Lipinski definition) is 1. The number of hydrogen-bond acceptors (Lipinski definition) is 4. The van der Waals surface area contributed by atoms with E-state index in [0.29, 0.717) is 0 Å². The van der Waals surface area contributed by atoms with E-state index in [0.717, 1.165) is 21.0 Å². The molecule has 78 valence electrons. The highest BCUT2D eigenvalue weighted by Gasteiger charge is 1.90. The lowest BCUT2D eigenvalue weighted by atomic mass is 10.4. The third kappa shape index (κ3) is 18.7. The highest BCUT2D eigenvalue weighted by molar-refractivity contribution is 6.40. The van der Waals surface area contributed by atoms with E-state index in [9.17, 15) is 4.79 Å². The van der Waals surface area contributed by atoms with Crippen LogP contribution in [-0.2, 0) is 17.1 Å². The molecule has 0 bridgehead atoms. The van der Waals surface area contributed by atoms with Crippen LogP contribution in [0.25, 0.3) is 0 Å². The summed E-state index contributed by atoms with van der Waals surface area (Å²) in [6.45, 7) is 4.60. The van der Waals surface area contributed by atoms with Crippen molar-refractivity contribution in [3.05, 3.63) is 12.2 Å². The molecule has 0 saturated heterocycles. The lowest BCUT2D eigenvalue weighted by molar-refractivity contribution is -0.132. The third-order valence-electron chi connectivity index (χ3n) is 0.767. The number of carboxylic acid groups (broad SMARTS) is 1. The minimum atomic E-state index is -0.935. The van der Waals surface area contributed by atoms with Gasteiger partial charge in [0.15, 0.2) is 0 Å². The van der Waals surface area contributed by atoms with Gasteiger partial charge in [-0.05, 0) is 6.92 Å². The predicted octanol–water partition coefficient (Wildman–Crippen LogP) is -3.76. The summed E-state index contributed by atoms with van der Waals surface area (Å²) in [7, 11) is 0.504. The smallest absolute Gasteiger partial charge is 0.330 e. The van der Waals surface area contributed by atoms with Gasteiger partial charge in [0.25, 0.3) is 20.0 Å². The molecule has 0 saturated carbocycles. The summed E-state index contributed by atoms with van der Waals surface area (Å²) < 4.78 is 14.8. The Bertz CT molecular complexity index is 135. The fourth-order valence-electron chi connectivity index (χ4n) is 0.201. The Labute approximate surface area is 88.7 Å². The first-order chi connectivity index (χ1) is 6.06. The first-order valence-corrected chi connectivity index (χ1v) is 7.44. The van der Waals surface area contributed by atoms with E-state index >= 15 is 0 Å². The van der Waals surface area contributed by atoms with Crippen molar-refractivity contribution < 1.29 is 22.2 Å². The normalized spacial score (nSPS) is 10.8. The summed E-state index contributed by atoms with van der Waals surface area (Å²) in [6, 6.07) is 0. The average Bonchev–Trinajstić information content (AvgIpc) is 2.06. The van der Waals surface area contributed by atoms with Gasteiger partial charge in [0, 0.05) is 5.57 Å². The first kappa shape index (κ1) is 15.4. The van der Waals surface area contributed by atoms with Gasteiger partial charge < -0.3 is 17.5 Å². The summed E-state index contributed by atoms with van der Waals surface area (Å²) >= 11 is 0. The molecule has 0 aliphatic rings. The highest BCUT2D eigenvalue weighted by Crippen LogP contribution is 1.81. The second kappa shape index (κ2) is 12.0. The molecular weight excluding hydrogens is 240 g/mol. The maximum Gasteiger partial charge on any atom is 0.330 e. The Balaban J connectivity index is 0. The van der Waals surface area contributed by atoms with Crippen molar-refractivity contribution in [2.75, 3.05) is 0 Å². The van der Waals surface area contributed by atoms with Crippen LogP contribution in [0.4, 0.5) is 0 Å². The summed E-state index contributed by atoms with van der Waals surface area (Å²) in [4.78, 5) is 9.60. The summed E-state index contributed by atoms with van der Waals surface area (Å²) in [5, 5.41) is 7.89. The molecular formula is C4H16O5Si4. The van der Waals surface area contributed by atoms with Gasteiger partial charge in [-0.1, -0.05) is 6.58 Å². The van der Waals surface area contributed by atoms with Crippen molar-refractivity contribution in [1.29, 1.82) is 0 Å². The average molecular weight is 257 g/mol. The van der Waals surface area contributed by atoms with Gasteiger partial charge in [0.1, 0.15) is 21.0 Å². The monoisotopic (exact) mass is 256 g/mol. The molecule has 0 rings (SSSR count). The van der Waals surface area contributed by atoms with E-state index < -0.39 is 26.0 Å². The number of aliphatic carboxylic acids is 1. The van der Waals surface area contributed by atoms with Crippen LogP contribution in [0.5, 0.6) is 0 Å². The van der Waals surface area contributed by atoms with Crippen LogP contribution in [0.1, 0.15) is 6.92 Å². The molecule has 0 aliphatic carbocycles. The van der Waals surface area contributed by atoms with E-state index in [-0.39, 0.29) is 5.57 Å². The molecule has 13 heavy (non-hydrogen) atoms. The number of rotatable bonds is 5. The lowest BCUT2D eigenvalue weighted by Crippen LogP contribution is -2.08. The first-order valence-electron chi connectivity index (χ1n) is 3.50. The fourth-order valence-corrected chi connectivity index (χ4v) is 4.81. The molecule has 0 aromatic rings. The molecule has 0 fully saturated rings. The third-order valence-corrected chi connectivity index (χ3v) is 3.99. The summed E-state index contributed by atoms with van der Waals surface area (Å²) in [5.41, 5.74) is 0.176. The van der Waals surface area contributed by atoms with Crippen LogP contribution in [0.15, 0.2) is 12.2 Å². The van der Waals surface area contributed by atoms with Gasteiger partial charge in [-0.3, -0.25) is 0 Å². The van der Waals surface area contributed by atoms with Crippen molar-refractivity contribution >= 4 is 47.0 Å². The Morgan fingerprint density at radius 1 is 1.38 bits per heavy atom. The van der Waals surface area contributed by atoms with E-state index in [2.05, 4.69) is 6.58 Å². The molecule has 0 heterocycles. The quantitative estimate of drug-likeness (QED) is 0.311. The van der Waals surface area contributed by atoms with Crippen LogP contribution in [-0.4, -0.2) is 52.1 Å². The molecule has 5 nitrogen and oxygen atoms in total. The Hall–Kier alpha value is -0.0425. The van der Waals surface area contributed by atoms with E-state index in [1.165, 1.54) is 6.92 Å². The van der Waals surface area contributed by atoms with Crippen LogP contribution >= 0.6 is 0 Å². The molecule has 9 heteroatoms. The van der Waals surface area contributed by atoms with Gasteiger partial charge in [-0.2, -0.15) is 0 Å². The SMILES string of the molecule is C=C(C)C(=O)O.[SiH3]O[SiH2]O[SiH2]O[SiH3]. The molecule has 0 aromatic heterocycles. The maximum absolute atomic E-state index is 9.60. The van der Waals surface area contributed by atoms with Crippen molar-refractivity contribution in [1.82, 2.24) is 0 Å². The van der Waals surface area contributed by atoms with Crippen molar-refractivity contribution in [3.8, 4) is 0 Å². The van der Waals surface area contributed by atoms with Gasteiger partial charge in [0.05, 0.1) is 0 Å². The summed E-state index contributed by atoms with van der Waals surface area (Å²) in [5.74, 6) is -0.935. The van der Waals surface area contributed by atoms with E-state index in [1.807, 2.05) is 0 Å². The van der Waals surface area contributed by atoms with Crippen LogP contribution in [0.3, 0.4) is 0 Å². The minimum absolute atomic E-state index is 0.176. The Morgan fingerprint density at radius 3 is 1.85 bits per heavy atom. The van der Waals surface area contributed by atoms with Crippen LogP contribution < -0.4 is 0 Å². The van der Waals surface area contributed by atoms with Gasteiger partial charge in [-0.15, -0.1) is 0 Å². The zero-order valence-electron chi connectivity index (χ0n) is 8.20. The molecule has 1 N–H and O–H groups in total. The molecule has 0 unspecified atom stereocenters.